The molecule has 0 saturated carbocycles. The van der Waals surface area contributed by atoms with E-state index in [4.69, 9.17) is 0 Å². The lowest BCUT2D eigenvalue weighted by atomic mass is 10.1. The third kappa shape index (κ3) is 3.02. The quantitative estimate of drug-likeness (QED) is 0.543. The van der Waals surface area contributed by atoms with Crippen LogP contribution >= 0.6 is 11.3 Å². The lowest BCUT2D eigenvalue weighted by Gasteiger charge is -2.35. The standard InChI is InChI=1S/C20H18FN5S/c21-17-4-3-14(18-15(17)2-1-6-22-18)12-25-7-9-26(10-8-25)19-16-5-11-27-20(16)24-13-23-19/h1-6,11,13H,7-10,12H2. The molecule has 1 aliphatic rings. The molecule has 4 heterocycles. The van der Waals surface area contributed by atoms with E-state index in [9.17, 15) is 4.39 Å². The highest BCUT2D eigenvalue weighted by Crippen LogP contribution is 2.28. The summed E-state index contributed by atoms with van der Waals surface area (Å²) in [6.07, 6.45) is 3.38. The molecular weight excluding hydrogens is 361 g/mol. The summed E-state index contributed by atoms with van der Waals surface area (Å²) < 4.78 is 14.0. The van der Waals surface area contributed by atoms with Crippen molar-refractivity contribution in [3.63, 3.8) is 0 Å². The SMILES string of the molecule is Fc1ccc(CN2CCN(c3ncnc4sccc34)CC2)c2ncccc12. The monoisotopic (exact) mass is 379 g/mol. The molecule has 1 aromatic carbocycles. The molecule has 1 saturated heterocycles. The van der Waals surface area contributed by atoms with Gasteiger partial charge >= 0.3 is 0 Å². The summed E-state index contributed by atoms with van der Waals surface area (Å²) in [7, 11) is 0. The van der Waals surface area contributed by atoms with Crippen molar-refractivity contribution in [1.82, 2.24) is 19.9 Å². The number of hydrogen-bond acceptors (Lipinski definition) is 6. The lowest BCUT2D eigenvalue weighted by Crippen LogP contribution is -2.46. The predicted octanol–water partition coefficient (Wildman–Crippen LogP) is 3.70. The van der Waals surface area contributed by atoms with Gasteiger partial charge in [-0.25, -0.2) is 14.4 Å². The molecule has 4 aromatic rings. The van der Waals surface area contributed by atoms with E-state index in [0.29, 0.717) is 5.39 Å². The molecule has 1 fully saturated rings. The van der Waals surface area contributed by atoms with Gasteiger partial charge in [0.1, 0.15) is 22.8 Å². The smallest absolute Gasteiger partial charge is 0.140 e. The first-order valence-electron chi connectivity index (χ1n) is 8.97. The Morgan fingerprint density at radius 3 is 2.74 bits per heavy atom. The zero-order chi connectivity index (χ0) is 18.2. The number of halogens is 1. The number of fused-ring (bicyclic) bond motifs is 2. The van der Waals surface area contributed by atoms with E-state index < -0.39 is 0 Å². The molecule has 3 aromatic heterocycles. The van der Waals surface area contributed by atoms with Gasteiger partial charge in [0.2, 0.25) is 0 Å². The summed E-state index contributed by atoms with van der Waals surface area (Å²) in [5.41, 5.74) is 1.83. The van der Waals surface area contributed by atoms with Crippen molar-refractivity contribution >= 4 is 38.3 Å². The average molecular weight is 379 g/mol. The summed E-state index contributed by atoms with van der Waals surface area (Å²) in [5.74, 6) is 0.810. The van der Waals surface area contributed by atoms with E-state index in [2.05, 4.69) is 36.2 Å². The highest BCUT2D eigenvalue weighted by molar-refractivity contribution is 7.16. The molecule has 0 amide bonds. The number of thiophene rings is 1. The number of pyridine rings is 1. The first kappa shape index (κ1) is 16.5. The van der Waals surface area contributed by atoms with E-state index in [1.54, 1.807) is 42.1 Å². The molecule has 5 rings (SSSR count). The van der Waals surface area contributed by atoms with Crippen molar-refractivity contribution in [2.24, 2.45) is 0 Å². The van der Waals surface area contributed by atoms with Crippen molar-refractivity contribution in [3.8, 4) is 0 Å². The highest BCUT2D eigenvalue weighted by Gasteiger charge is 2.21. The highest BCUT2D eigenvalue weighted by atomic mass is 32.1. The minimum absolute atomic E-state index is 0.213. The van der Waals surface area contributed by atoms with Gasteiger partial charge in [-0.05, 0) is 35.2 Å². The van der Waals surface area contributed by atoms with Gasteiger partial charge in [-0.2, -0.15) is 0 Å². The van der Waals surface area contributed by atoms with Crippen molar-refractivity contribution in [2.45, 2.75) is 6.54 Å². The van der Waals surface area contributed by atoms with Crippen LogP contribution in [0.2, 0.25) is 0 Å². The Morgan fingerprint density at radius 2 is 1.85 bits per heavy atom. The summed E-state index contributed by atoms with van der Waals surface area (Å²) >= 11 is 1.64. The molecule has 0 radical (unpaired) electrons. The van der Waals surface area contributed by atoms with E-state index in [0.717, 1.165) is 59.8 Å². The summed E-state index contributed by atoms with van der Waals surface area (Å²) in [4.78, 5) is 19.0. The van der Waals surface area contributed by atoms with Gasteiger partial charge in [0, 0.05) is 44.3 Å². The van der Waals surface area contributed by atoms with Gasteiger partial charge in [-0.3, -0.25) is 9.88 Å². The third-order valence-electron chi connectivity index (χ3n) is 5.11. The van der Waals surface area contributed by atoms with Crippen molar-refractivity contribution in [2.75, 3.05) is 31.1 Å². The molecular formula is C20H18FN5S. The Kier molecular flexibility index (Phi) is 4.18. The van der Waals surface area contributed by atoms with Gasteiger partial charge in [0.05, 0.1) is 10.9 Å². The maximum atomic E-state index is 14.0. The van der Waals surface area contributed by atoms with Crippen LogP contribution in [0.5, 0.6) is 0 Å². The number of rotatable bonds is 3. The fourth-order valence-electron chi connectivity index (χ4n) is 3.71. The molecule has 27 heavy (non-hydrogen) atoms. The van der Waals surface area contributed by atoms with Crippen LogP contribution < -0.4 is 4.90 Å². The predicted molar refractivity (Wildman–Crippen MR) is 107 cm³/mol. The fourth-order valence-corrected chi connectivity index (χ4v) is 4.44. The molecule has 1 aliphatic heterocycles. The average Bonchev–Trinajstić information content (AvgIpc) is 3.20. The molecule has 7 heteroatoms. The Bertz CT molecular complexity index is 1100. The Morgan fingerprint density at radius 1 is 0.963 bits per heavy atom. The van der Waals surface area contributed by atoms with E-state index >= 15 is 0 Å². The van der Waals surface area contributed by atoms with Crippen LogP contribution in [0, 0.1) is 5.82 Å². The van der Waals surface area contributed by atoms with E-state index in [-0.39, 0.29) is 5.82 Å². The summed E-state index contributed by atoms with van der Waals surface area (Å²) in [6.45, 7) is 4.46. The van der Waals surface area contributed by atoms with Gasteiger partial charge in [-0.1, -0.05) is 6.07 Å². The number of piperazine rings is 1. The molecule has 0 spiro atoms. The van der Waals surface area contributed by atoms with E-state index in [1.165, 1.54) is 0 Å². The Hall–Kier alpha value is -2.64. The molecule has 0 N–H and O–H groups in total. The normalized spacial score (nSPS) is 15.7. The van der Waals surface area contributed by atoms with Gasteiger partial charge in [0.15, 0.2) is 0 Å². The number of nitrogens with zero attached hydrogens (tertiary/aromatic N) is 5. The first-order chi connectivity index (χ1) is 13.3. The molecule has 0 unspecified atom stereocenters. The van der Waals surface area contributed by atoms with Crippen LogP contribution in [0.4, 0.5) is 10.2 Å². The molecule has 0 atom stereocenters. The largest absolute Gasteiger partial charge is 0.353 e. The van der Waals surface area contributed by atoms with Crippen LogP contribution in [0.3, 0.4) is 0 Å². The minimum Gasteiger partial charge on any atom is -0.353 e. The number of benzene rings is 1. The molecule has 0 aliphatic carbocycles. The second kappa shape index (κ2) is 6.83. The summed E-state index contributed by atoms with van der Waals surface area (Å²) in [5, 5.41) is 3.78. The fraction of sp³-hybridized carbons (Fsp3) is 0.250. The second-order valence-electron chi connectivity index (χ2n) is 6.71. The Balaban J connectivity index is 1.33. The first-order valence-corrected chi connectivity index (χ1v) is 9.85. The van der Waals surface area contributed by atoms with Crippen LogP contribution in [0.25, 0.3) is 21.1 Å². The lowest BCUT2D eigenvalue weighted by molar-refractivity contribution is 0.250. The van der Waals surface area contributed by atoms with Crippen LogP contribution in [0.15, 0.2) is 48.2 Å². The zero-order valence-electron chi connectivity index (χ0n) is 14.7. The molecule has 5 nitrogen and oxygen atoms in total. The maximum Gasteiger partial charge on any atom is 0.140 e. The van der Waals surface area contributed by atoms with Gasteiger partial charge in [0.25, 0.3) is 0 Å². The van der Waals surface area contributed by atoms with Crippen LogP contribution in [-0.2, 0) is 6.54 Å². The zero-order valence-corrected chi connectivity index (χ0v) is 15.5. The Labute approximate surface area is 160 Å². The van der Waals surface area contributed by atoms with Crippen molar-refractivity contribution in [3.05, 3.63) is 59.6 Å². The number of anilines is 1. The molecule has 136 valence electrons. The second-order valence-corrected chi connectivity index (χ2v) is 7.60. The van der Waals surface area contributed by atoms with E-state index in [1.807, 2.05) is 6.07 Å². The van der Waals surface area contributed by atoms with Crippen molar-refractivity contribution in [1.29, 1.82) is 0 Å². The number of hydrogen-bond donors (Lipinski definition) is 0. The number of aromatic nitrogens is 3. The van der Waals surface area contributed by atoms with Crippen LogP contribution in [-0.4, -0.2) is 46.0 Å². The molecule has 0 bridgehead atoms. The van der Waals surface area contributed by atoms with Crippen LogP contribution in [0.1, 0.15) is 5.56 Å². The van der Waals surface area contributed by atoms with Crippen molar-refractivity contribution < 1.29 is 4.39 Å². The maximum absolute atomic E-state index is 14.0. The van der Waals surface area contributed by atoms with Gasteiger partial charge in [-0.15, -0.1) is 11.3 Å². The van der Waals surface area contributed by atoms with Gasteiger partial charge < -0.3 is 4.90 Å². The topological polar surface area (TPSA) is 45.2 Å². The summed E-state index contributed by atoms with van der Waals surface area (Å²) in [6, 6.07) is 9.07. The minimum atomic E-state index is -0.213. The third-order valence-corrected chi connectivity index (χ3v) is 5.93.